The molecule has 5 rings (SSSR count). The molecular formula is C33H44Cl2N2O3. The monoisotopic (exact) mass is 586 g/mol. The average Bonchev–Trinajstić information content (AvgIpc) is 2.96. The number of hydrogen-bond acceptors (Lipinski definition) is 5. The van der Waals surface area contributed by atoms with E-state index < -0.39 is 0 Å². The van der Waals surface area contributed by atoms with Gasteiger partial charge in [0, 0.05) is 17.7 Å². The van der Waals surface area contributed by atoms with Gasteiger partial charge in [0.1, 0.15) is 18.5 Å². The number of nitrogens with zero attached hydrogens (tertiary/aromatic N) is 2. The Bertz CT molecular complexity index is 1220. The minimum Gasteiger partial charge on any atom is -0.487 e. The van der Waals surface area contributed by atoms with Gasteiger partial charge in [-0.05, 0) is 93.6 Å². The van der Waals surface area contributed by atoms with Crippen LogP contribution in [-0.4, -0.2) is 35.5 Å². The first-order chi connectivity index (χ1) is 18.7. The number of benzene rings is 2. The Morgan fingerprint density at radius 1 is 1.00 bits per heavy atom. The molecule has 0 radical (unpaired) electrons. The number of carbonyl (C=O) groups excluding carboxylic acids is 1. The molecular weight excluding hydrogens is 543 g/mol. The summed E-state index contributed by atoms with van der Waals surface area (Å²) in [6.45, 7) is 5.97. The zero-order valence-corrected chi connectivity index (χ0v) is 25.3. The second kappa shape index (κ2) is 16.2. The first-order valence-electron chi connectivity index (χ1n) is 14.7. The topological polar surface area (TPSA) is 51.7 Å². The number of fused-ring (bicyclic) bond motifs is 2. The molecule has 0 saturated carbocycles. The predicted molar refractivity (Wildman–Crippen MR) is 167 cm³/mol. The minimum absolute atomic E-state index is 0. The molecule has 40 heavy (non-hydrogen) atoms. The van der Waals surface area contributed by atoms with Crippen LogP contribution in [0.25, 0.3) is 10.9 Å². The summed E-state index contributed by atoms with van der Waals surface area (Å²) in [6.07, 6.45) is 10.6. The van der Waals surface area contributed by atoms with Crippen molar-refractivity contribution in [2.24, 2.45) is 5.92 Å². The van der Waals surface area contributed by atoms with Gasteiger partial charge >= 0.3 is 5.97 Å². The Kier molecular flexibility index (Phi) is 13.0. The van der Waals surface area contributed by atoms with E-state index in [4.69, 9.17) is 14.5 Å². The molecule has 1 saturated heterocycles. The van der Waals surface area contributed by atoms with Crippen LogP contribution in [0.2, 0.25) is 0 Å². The van der Waals surface area contributed by atoms with Crippen molar-refractivity contribution in [3.8, 4) is 5.75 Å². The van der Waals surface area contributed by atoms with E-state index in [1.165, 1.54) is 37.9 Å². The molecule has 2 atom stereocenters. The Balaban J connectivity index is 0.00000220. The Morgan fingerprint density at radius 3 is 2.65 bits per heavy atom. The predicted octanol–water partition coefficient (Wildman–Crippen LogP) is 8.26. The van der Waals surface area contributed by atoms with Gasteiger partial charge in [0.15, 0.2) is 0 Å². The minimum atomic E-state index is -0.185. The summed E-state index contributed by atoms with van der Waals surface area (Å²) in [5, 5.41) is 1.13. The van der Waals surface area contributed by atoms with Crippen LogP contribution >= 0.6 is 24.8 Å². The molecule has 0 bridgehead atoms. The van der Waals surface area contributed by atoms with Gasteiger partial charge in [-0.3, -0.25) is 4.79 Å². The fraction of sp³-hybridized carbons (Fsp3) is 0.515. The lowest BCUT2D eigenvalue weighted by Crippen LogP contribution is -2.31. The van der Waals surface area contributed by atoms with Gasteiger partial charge in [0.2, 0.25) is 0 Å². The second-order valence-electron chi connectivity index (χ2n) is 11.0. The third-order valence-corrected chi connectivity index (χ3v) is 8.17. The van der Waals surface area contributed by atoms with Crippen molar-refractivity contribution in [1.82, 2.24) is 9.88 Å². The maximum Gasteiger partial charge on any atom is 0.306 e. The second-order valence-corrected chi connectivity index (χ2v) is 11.0. The van der Waals surface area contributed by atoms with Crippen molar-refractivity contribution in [2.45, 2.75) is 83.8 Å². The lowest BCUT2D eigenvalue weighted by Gasteiger charge is -2.34. The van der Waals surface area contributed by atoms with Crippen molar-refractivity contribution >= 4 is 41.7 Å². The van der Waals surface area contributed by atoms with E-state index in [-0.39, 0.29) is 36.9 Å². The molecule has 0 amide bonds. The van der Waals surface area contributed by atoms with Crippen molar-refractivity contribution in [3.05, 3.63) is 71.4 Å². The number of esters is 1. The van der Waals surface area contributed by atoms with Crippen molar-refractivity contribution in [3.63, 3.8) is 0 Å². The smallest absolute Gasteiger partial charge is 0.306 e. The lowest BCUT2D eigenvalue weighted by atomic mass is 9.79. The zero-order valence-electron chi connectivity index (χ0n) is 23.7. The lowest BCUT2D eigenvalue weighted by molar-refractivity contribution is -0.153. The maximum atomic E-state index is 13.0. The molecule has 1 fully saturated rings. The van der Waals surface area contributed by atoms with Crippen LogP contribution in [0.1, 0.15) is 87.6 Å². The molecule has 1 aliphatic carbocycles. The molecule has 0 spiro atoms. The molecule has 2 aliphatic rings. The summed E-state index contributed by atoms with van der Waals surface area (Å²) in [7, 11) is 0. The van der Waals surface area contributed by atoms with E-state index in [9.17, 15) is 4.79 Å². The zero-order chi connectivity index (χ0) is 26.2. The maximum absolute atomic E-state index is 13.0. The number of ether oxygens (including phenoxy) is 2. The van der Waals surface area contributed by atoms with E-state index >= 15 is 0 Å². The van der Waals surface area contributed by atoms with Crippen LogP contribution in [0.4, 0.5) is 0 Å². The molecule has 5 nitrogen and oxygen atoms in total. The van der Waals surface area contributed by atoms with E-state index in [2.05, 4.69) is 36.1 Å². The van der Waals surface area contributed by atoms with Crippen molar-refractivity contribution < 1.29 is 14.3 Å². The number of aromatic nitrogens is 1. The van der Waals surface area contributed by atoms with Gasteiger partial charge in [0.25, 0.3) is 0 Å². The highest BCUT2D eigenvalue weighted by atomic mass is 35.5. The van der Waals surface area contributed by atoms with Gasteiger partial charge in [0.05, 0.1) is 11.2 Å². The van der Waals surface area contributed by atoms with Crippen LogP contribution < -0.4 is 4.74 Å². The van der Waals surface area contributed by atoms with E-state index in [0.717, 1.165) is 73.0 Å². The average molecular weight is 588 g/mol. The quantitative estimate of drug-likeness (QED) is 0.212. The number of piperidine rings is 1. The van der Waals surface area contributed by atoms with E-state index in [1.807, 2.05) is 30.3 Å². The van der Waals surface area contributed by atoms with Crippen molar-refractivity contribution in [1.29, 1.82) is 0 Å². The highest BCUT2D eigenvalue weighted by Gasteiger charge is 2.32. The third-order valence-electron chi connectivity index (χ3n) is 8.17. The summed E-state index contributed by atoms with van der Waals surface area (Å²) in [5.74, 6) is 1.11. The highest BCUT2D eigenvalue weighted by molar-refractivity contribution is 5.85. The third kappa shape index (κ3) is 8.58. The molecule has 1 aliphatic heterocycles. The molecule has 0 N–H and O–H groups in total. The van der Waals surface area contributed by atoms with Gasteiger partial charge in [-0.1, -0.05) is 56.5 Å². The first-order valence-corrected chi connectivity index (χ1v) is 14.7. The van der Waals surface area contributed by atoms with Gasteiger partial charge in [-0.25, -0.2) is 4.98 Å². The Morgan fingerprint density at radius 2 is 1.82 bits per heavy atom. The summed E-state index contributed by atoms with van der Waals surface area (Å²) in [4.78, 5) is 20.2. The summed E-state index contributed by atoms with van der Waals surface area (Å²) in [6, 6.07) is 18.6. The molecule has 7 heteroatoms. The van der Waals surface area contributed by atoms with E-state index in [1.54, 1.807) is 0 Å². The van der Waals surface area contributed by atoms with E-state index in [0.29, 0.717) is 18.9 Å². The number of pyridine rings is 1. The summed E-state index contributed by atoms with van der Waals surface area (Å²) < 4.78 is 12.5. The molecule has 218 valence electrons. The SMILES string of the molecule is CCCCC1CCc2ccc(OCc3ccc4ccccc4n3)cc2C1OC(=O)CCCN1CCCCC1.Cl.Cl. The van der Waals surface area contributed by atoms with Gasteiger partial charge in [-0.15, -0.1) is 24.8 Å². The number of carbonyl (C=O) groups is 1. The number of aryl methyl sites for hydroxylation is 1. The number of unbranched alkanes of at least 4 members (excludes halogenated alkanes) is 1. The normalized spacial score (nSPS) is 18.7. The first kappa shape index (κ1) is 32.2. The Labute approximate surface area is 251 Å². The van der Waals surface area contributed by atoms with Crippen LogP contribution in [0.15, 0.2) is 54.6 Å². The molecule has 2 heterocycles. The van der Waals surface area contributed by atoms with Crippen LogP contribution in [0.5, 0.6) is 5.75 Å². The number of para-hydroxylation sites is 1. The number of rotatable bonds is 11. The number of hydrogen-bond donors (Lipinski definition) is 0. The van der Waals surface area contributed by atoms with Crippen molar-refractivity contribution in [2.75, 3.05) is 19.6 Å². The number of halogens is 2. The fourth-order valence-electron chi connectivity index (χ4n) is 6.00. The molecule has 2 unspecified atom stereocenters. The van der Waals surface area contributed by atoms with Gasteiger partial charge in [-0.2, -0.15) is 0 Å². The molecule has 3 aromatic rings. The fourth-order valence-corrected chi connectivity index (χ4v) is 6.00. The van der Waals surface area contributed by atoms with Crippen LogP contribution in [0.3, 0.4) is 0 Å². The largest absolute Gasteiger partial charge is 0.487 e. The highest BCUT2D eigenvalue weighted by Crippen LogP contribution is 2.41. The van der Waals surface area contributed by atoms with Gasteiger partial charge < -0.3 is 14.4 Å². The molecule has 1 aromatic heterocycles. The standard InChI is InChI=1S/C33H42N2O3.2ClH/c1-2-3-10-27-15-14-25-17-19-29(37-24-28-18-16-26-11-5-6-12-31(26)34-28)23-30(25)33(27)38-32(36)13-9-22-35-20-7-4-8-21-35;;/h5-6,11-12,16-19,23,27,33H,2-4,7-10,13-15,20-22,24H2,1H3;2*1H. The number of likely N-dealkylation sites (tertiary alicyclic amines) is 1. The molecule has 2 aromatic carbocycles. The summed E-state index contributed by atoms with van der Waals surface area (Å²) in [5.41, 5.74) is 4.29. The Hall–Kier alpha value is -2.34. The van der Waals surface area contributed by atoms with Crippen LogP contribution in [0, 0.1) is 5.92 Å². The summed E-state index contributed by atoms with van der Waals surface area (Å²) >= 11 is 0. The van der Waals surface area contributed by atoms with Crippen LogP contribution in [-0.2, 0) is 22.6 Å².